The minimum Gasteiger partial charge on any atom is -0.462 e. The van der Waals surface area contributed by atoms with Crippen LogP contribution in [0.25, 0.3) is 0 Å². The van der Waals surface area contributed by atoms with Crippen LogP contribution in [0.2, 0.25) is 5.02 Å². The van der Waals surface area contributed by atoms with Crippen molar-refractivity contribution in [3.05, 3.63) is 22.7 Å². The van der Waals surface area contributed by atoms with E-state index in [1.807, 2.05) is 0 Å². The van der Waals surface area contributed by atoms with Gasteiger partial charge in [0, 0.05) is 30.1 Å². The maximum atomic E-state index is 11.9. The molecule has 0 radical (unpaired) electrons. The summed E-state index contributed by atoms with van der Waals surface area (Å²) in [6, 6.07) is 3.24. The molecule has 1 aromatic carbocycles. The largest absolute Gasteiger partial charge is 0.462 e. The molecule has 0 amide bonds. The topological polar surface area (TPSA) is 61.5 Å². The van der Waals surface area contributed by atoms with E-state index in [1.54, 1.807) is 26.2 Å². The Morgan fingerprint density at radius 1 is 1.47 bits per heavy atom. The summed E-state index contributed by atoms with van der Waals surface area (Å²) in [5, 5.41) is 0.477. The molecular weight excluding hydrogens is 286 g/mol. The molecule has 2 N–H and O–H groups in total. The molecular formula is C13H18ClNO3S. The molecule has 0 aliphatic rings. The Morgan fingerprint density at radius 3 is 2.84 bits per heavy atom. The number of thioether (sulfide) groups is 1. The third-order valence-electron chi connectivity index (χ3n) is 2.30. The molecule has 0 fully saturated rings. The van der Waals surface area contributed by atoms with Gasteiger partial charge in [-0.3, -0.25) is 0 Å². The van der Waals surface area contributed by atoms with Crippen molar-refractivity contribution in [3.8, 4) is 0 Å². The monoisotopic (exact) mass is 303 g/mol. The van der Waals surface area contributed by atoms with Crippen molar-refractivity contribution in [2.75, 3.05) is 31.8 Å². The second-order valence-corrected chi connectivity index (χ2v) is 5.31. The van der Waals surface area contributed by atoms with Gasteiger partial charge >= 0.3 is 5.97 Å². The number of nitrogen functional groups attached to an aromatic ring is 1. The Morgan fingerprint density at radius 2 is 2.21 bits per heavy atom. The molecule has 106 valence electrons. The smallest absolute Gasteiger partial charge is 0.339 e. The number of benzene rings is 1. The van der Waals surface area contributed by atoms with E-state index in [-0.39, 0.29) is 0 Å². The lowest BCUT2D eigenvalue weighted by molar-refractivity contribution is 0.0522. The number of halogens is 1. The summed E-state index contributed by atoms with van der Waals surface area (Å²) < 4.78 is 10.0. The van der Waals surface area contributed by atoms with E-state index >= 15 is 0 Å². The zero-order valence-electron chi connectivity index (χ0n) is 11.1. The van der Waals surface area contributed by atoms with Crippen LogP contribution in [0.4, 0.5) is 5.69 Å². The van der Waals surface area contributed by atoms with Gasteiger partial charge in [-0.1, -0.05) is 11.6 Å². The van der Waals surface area contributed by atoms with Crippen LogP contribution in [0.5, 0.6) is 0 Å². The van der Waals surface area contributed by atoms with Crippen molar-refractivity contribution in [3.63, 3.8) is 0 Å². The second-order valence-electron chi connectivity index (χ2n) is 3.79. The third-order valence-corrected chi connectivity index (χ3v) is 3.93. The lowest BCUT2D eigenvalue weighted by atomic mass is 10.2. The highest BCUT2D eigenvalue weighted by molar-refractivity contribution is 7.99. The first kappa shape index (κ1) is 16.1. The number of hydrogen-bond acceptors (Lipinski definition) is 5. The molecule has 0 spiro atoms. The average Bonchev–Trinajstić information content (AvgIpc) is 2.36. The molecule has 4 nitrogen and oxygen atoms in total. The maximum absolute atomic E-state index is 11.9. The normalized spacial score (nSPS) is 10.5. The molecule has 1 aromatic rings. The van der Waals surface area contributed by atoms with Gasteiger partial charge in [0.25, 0.3) is 0 Å². The first-order valence-corrected chi connectivity index (χ1v) is 7.34. The summed E-state index contributed by atoms with van der Waals surface area (Å²) >= 11 is 7.66. The van der Waals surface area contributed by atoms with Crippen molar-refractivity contribution in [1.82, 2.24) is 0 Å². The van der Waals surface area contributed by atoms with E-state index in [9.17, 15) is 4.79 Å². The predicted molar refractivity (Wildman–Crippen MR) is 79.0 cm³/mol. The standard InChI is InChI=1S/C13H18ClNO3S/c1-3-18-13(16)10-7-9(15)8-11(14)12(10)19-6-4-5-17-2/h7-8H,3-6,15H2,1-2H3. The first-order chi connectivity index (χ1) is 9.10. The summed E-state index contributed by atoms with van der Waals surface area (Å²) in [4.78, 5) is 12.6. The molecule has 0 saturated carbocycles. The van der Waals surface area contributed by atoms with Crippen LogP contribution in [0.15, 0.2) is 17.0 Å². The molecule has 0 aromatic heterocycles. The Kier molecular flexibility index (Phi) is 7.05. The molecule has 1 rings (SSSR count). The van der Waals surface area contributed by atoms with Crippen LogP contribution in [0.3, 0.4) is 0 Å². The van der Waals surface area contributed by atoms with Gasteiger partial charge in [-0.05, 0) is 25.5 Å². The molecule has 0 aliphatic carbocycles. The Labute approximate surface area is 122 Å². The number of nitrogens with two attached hydrogens (primary N) is 1. The zero-order valence-corrected chi connectivity index (χ0v) is 12.6. The molecule has 6 heteroatoms. The van der Waals surface area contributed by atoms with E-state index in [0.29, 0.717) is 34.4 Å². The van der Waals surface area contributed by atoms with Gasteiger partial charge in [-0.2, -0.15) is 0 Å². The van der Waals surface area contributed by atoms with E-state index in [0.717, 1.165) is 12.2 Å². The van der Waals surface area contributed by atoms with Gasteiger partial charge in [-0.15, -0.1) is 11.8 Å². The number of carbonyl (C=O) groups is 1. The van der Waals surface area contributed by atoms with Crippen LogP contribution in [0, 0.1) is 0 Å². The number of esters is 1. The Bertz CT molecular complexity index is 440. The van der Waals surface area contributed by atoms with E-state index in [1.165, 1.54) is 11.8 Å². The van der Waals surface area contributed by atoms with Crippen molar-refractivity contribution in [2.45, 2.75) is 18.2 Å². The van der Waals surface area contributed by atoms with Crippen LogP contribution >= 0.6 is 23.4 Å². The summed E-state index contributed by atoms with van der Waals surface area (Å²) in [6.45, 7) is 2.75. The highest BCUT2D eigenvalue weighted by Gasteiger charge is 2.17. The fraction of sp³-hybridized carbons (Fsp3) is 0.462. The summed E-state index contributed by atoms with van der Waals surface area (Å²) in [5.74, 6) is 0.412. The quantitative estimate of drug-likeness (QED) is 0.363. The molecule has 0 unspecified atom stereocenters. The molecule has 0 atom stereocenters. The van der Waals surface area contributed by atoms with Gasteiger partial charge in [0.1, 0.15) is 0 Å². The minimum absolute atomic E-state index is 0.318. The van der Waals surface area contributed by atoms with Crippen LogP contribution in [-0.2, 0) is 9.47 Å². The summed E-state index contributed by atoms with van der Waals surface area (Å²) in [7, 11) is 1.66. The van der Waals surface area contributed by atoms with Crippen molar-refractivity contribution in [2.24, 2.45) is 0 Å². The van der Waals surface area contributed by atoms with Gasteiger partial charge in [0.15, 0.2) is 0 Å². The fourth-order valence-electron chi connectivity index (χ4n) is 1.50. The van der Waals surface area contributed by atoms with E-state index < -0.39 is 5.97 Å². The highest BCUT2D eigenvalue weighted by Crippen LogP contribution is 2.33. The SMILES string of the molecule is CCOC(=O)c1cc(N)cc(Cl)c1SCCCOC. The van der Waals surface area contributed by atoms with Crippen LogP contribution < -0.4 is 5.73 Å². The van der Waals surface area contributed by atoms with Gasteiger partial charge in [0.2, 0.25) is 0 Å². The van der Waals surface area contributed by atoms with Gasteiger partial charge < -0.3 is 15.2 Å². The number of rotatable bonds is 7. The number of methoxy groups -OCH3 is 1. The molecule has 0 heterocycles. The predicted octanol–water partition coefficient (Wildman–Crippen LogP) is 3.23. The van der Waals surface area contributed by atoms with Gasteiger partial charge in [0.05, 0.1) is 17.2 Å². The lowest BCUT2D eigenvalue weighted by Crippen LogP contribution is -2.07. The fourth-order valence-corrected chi connectivity index (χ4v) is 2.85. The van der Waals surface area contributed by atoms with Crippen molar-refractivity contribution < 1.29 is 14.3 Å². The number of ether oxygens (including phenoxy) is 2. The zero-order chi connectivity index (χ0) is 14.3. The molecule has 0 aliphatic heterocycles. The van der Waals surface area contributed by atoms with Gasteiger partial charge in [-0.25, -0.2) is 4.79 Å². The summed E-state index contributed by atoms with van der Waals surface area (Å²) in [6.07, 6.45) is 0.879. The van der Waals surface area contributed by atoms with E-state index in [4.69, 9.17) is 26.8 Å². The second kappa shape index (κ2) is 8.30. The molecule has 0 saturated heterocycles. The van der Waals surface area contributed by atoms with Crippen molar-refractivity contribution >= 4 is 35.0 Å². The maximum Gasteiger partial charge on any atom is 0.339 e. The number of hydrogen-bond donors (Lipinski definition) is 1. The lowest BCUT2D eigenvalue weighted by Gasteiger charge is -2.11. The first-order valence-electron chi connectivity index (χ1n) is 5.98. The number of anilines is 1. The highest BCUT2D eigenvalue weighted by atomic mass is 35.5. The molecule has 0 bridgehead atoms. The van der Waals surface area contributed by atoms with E-state index in [2.05, 4.69) is 0 Å². The average molecular weight is 304 g/mol. The summed E-state index contributed by atoms with van der Waals surface area (Å²) in [5.41, 5.74) is 6.60. The Balaban J connectivity index is 2.90. The third kappa shape index (κ3) is 4.93. The van der Waals surface area contributed by atoms with Crippen molar-refractivity contribution in [1.29, 1.82) is 0 Å². The Hall–Kier alpha value is -0.910. The number of carbonyl (C=O) groups excluding carboxylic acids is 1. The van der Waals surface area contributed by atoms with Crippen LogP contribution in [-0.4, -0.2) is 32.0 Å². The van der Waals surface area contributed by atoms with Crippen LogP contribution in [0.1, 0.15) is 23.7 Å². The minimum atomic E-state index is -0.397. The molecule has 19 heavy (non-hydrogen) atoms.